The lowest BCUT2D eigenvalue weighted by Crippen LogP contribution is -2.22. The number of amides is 1. The van der Waals surface area contributed by atoms with Crippen molar-refractivity contribution in [3.8, 4) is 6.07 Å². The van der Waals surface area contributed by atoms with Crippen LogP contribution in [0.4, 0.5) is 0 Å². The summed E-state index contributed by atoms with van der Waals surface area (Å²) in [6.07, 6.45) is 0. The van der Waals surface area contributed by atoms with Gasteiger partial charge >= 0.3 is 0 Å². The fraction of sp³-hybridized carbons (Fsp3) is 0.118. The first-order valence-electron chi connectivity index (χ1n) is 6.89. The molecule has 0 bridgehead atoms. The van der Waals surface area contributed by atoms with Gasteiger partial charge in [-0.1, -0.05) is 12.1 Å². The molecule has 0 spiro atoms. The summed E-state index contributed by atoms with van der Waals surface area (Å²) in [6.45, 7) is 2.33. The molecule has 5 heteroatoms. The molecule has 108 valence electrons. The Morgan fingerprint density at radius 2 is 2.18 bits per heavy atom. The molecule has 1 amide bonds. The van der Waals surface area contributed by atoms with Gasteiger partial charge in [0, 0.05) is 12.1 Å². The van der Waals surface area contributed by atoms with Crippen molar-refractivity contribution in [2.75, 3.05) is 0 Å². The summed E-state index contributed by atoms with van der Waals surface area (Å²) in [5.74, 6) is 0.669. The van der Waals surface area contributed by atoms with Crippen molar-refractivity contribution >= 4 is 16.9 Å². The Hall–Kier alpha value is -3.13. The molecular formula is C17H14N4O. The van der Waals surface area contributed by atoms with E-state index in [0.717, 1.165) is 22.4 Å². The van der Waals surface area contributed by atoms with Gasteiger partial charge in [0.25, 0.3) is 5.91 Å². The van der Waals surface area contributed by atoms with E-state index in [1.807, 2.05) is 31.2 Å². The summed E-state index contributed by atoms with van der Waals surface area (Å²) in [5, 5.41) is 11.7. The average Bonchev–Trinajstić information content (AvgIpc) is 2.91. The molecule has 0 atom stereocenters. The highest BCUT2D eigenvalue weighted by atomic mass is 16.1. The van der Waals surface area contributed by atoms with Crippen LogP contribution in [0.5, 0.6) is 0 Å². The highest BCUT2D eigenvalue weighted by molar-refractivity contribution is 5.94. The number of hydrogen-bond acceptors (Lipinski definition) is 3. The number of aromatic nitrogens is 2. The van der Waals surface area contributed by atoms with Gasteiger partial charge in [0.1, 0.15) is 5.82 Å². The van der Waals surface area contributed by atoms with E-state index in [0.29, 0.717) is 17.7 Å². The van der Waals surface area contributed by atoms with Crippen LogP contribution in [-0.2, 0) is 6.54 Å². The van der Waals surface area contributed by atoms with Crippen molar-refractivity contribution in [2.24, 2.45) is 0 Å². The summed E-state index contributed by atoms with van der Waals surface area (Å²) < 4.78 is 0. The number of carbonyl (C=O) groups excluding carboxylic acids is 1. The molecule has 22 heavy (non-hydrogen) atoms. The van der Waals surface area contributed by atoms with Crippen LogP contribution in [-0.4, -0.2) is 15.9 Å². The Kier molecular flexibility index (Phi) is 3.58. The van der Waals surface area contributed by atoms with E-state index in [1.165, 1.54) is 0 Å². The first kappa shape index (κ1) is 13.8. The normalized spacial score (nSPS) is 10.4. The van der Waals surface area contributed by atoms with Gasteiger partial charge in [-0.2, -0.15) is 5.26 Å². The van der Waals surface area contributed by atoms with Crippen LogP contribution in [0.2, 0.25) is 0 Å². The first-order chi connectivity index (χ1) is 10.7. The molecule has 3 rings (SSSR count). The predicted molar refractivity (Wildman–Crippen MR) is 83.2 cm³/mol. The fourth-order valence-electron chi connectivity index (χ4n) is 2.31. The molecule has 1 aromatic heterocycles. The van der Waals surface area contributed by atoms with Gasteiger partial charge < -0.3 is 10.3 Å². The number of carbonyl (C=O) groups is 1. The van der Waals surface area contributed by atoms with E-state index >= 15 is 0 Å². The number of nitrogens with one attached hydrogen (secondary N) is 2. The SMILES string of the molecule is Cc1nc2ccc(CNC(=O)c3cccc(C#N)c3)cc2[nH]1. The third-order valence-corrected chi connectivity index (χ3v) is 3.37. The molecule has 0 saturated heterocycles. The quantitative estimate of drug-likeness (QED) is 0.778. The maximum absolute atomic E-state index is 12.1. The van der Waals surface area contributed by atoms with Crippen molar-refractivity contribution in [3.63, 3.8) is 0 Å². The molecule has 0 unspecified atom stereocenters. The van der Waals surface area contributed by atoms with Crippen LogP contribution in [0, 0.1) is 18.3 Å². The van der Waals surface area contributed by atoms with Gasteiger partial charge in [-0.25, -0.2) is 4.98 Å². The Bertz CT molecular complexity index is 889. The topological polar surface area (TPSA) is 81.6 Å². The van der Waals surface area contributed by atoms with Gasteiger partial charge in [0.15, 0.2) is 0 Å². The highest BCUT2D eigenvalue weighted by Gasteiger charge is 2.07. The van der Waals surface area contributed by atoms with Crippen molar-refractivity contribution in [2.45, 2.75) is 13.5 Å². The Morgan fingerprint density at radius 1 is 1.32 bits per heavy atom. The molecule has 2 aromatic carbocycles. The monoisotopic (exact) mass is 290 g/mol. The van der Waals surface area contributed by atoms with Gasteiger partial charge in [0.05, 0.1) is 22.7 Å². The number of H-pyrrole nitrogens is 1. The van der Waals surface area contributed by atoms with E-state index in [4.69, 9.17) is 5.26 Å². The van der Waals surface area contributed by atoms with Crippen LogP contribution in [0.1, 0.15) is 27.3 Å². The van der Waals surface area contributed by atoms with Crippen LogP contribution in [0.3, 0.4) is 0 Å². The molecule has 0 saturated carbocycles. The zero-order valence-corrected chi connectivity index (χ0v) is 12.1. The molecule has 5 nitrogen and oxygen atoms in total. The van der Waals surface area contributed by atoms with Gasteiger partial charge in [-0.05, 0) is 42.8 Å². The second-order valence-corrected chi connectivity index (χ2v) is 5.05. The molecule has 0 aliphatic heterocycles. The summed E-state index contributed by atoms with van der Waals surface area (Å²) in [4.78, 5) is 19.6. The summed E-state index contributed by atoms with van der Waals surface area (Å²) >= 11 is 0. The third kappa shape index (κ3) is 2.81. The smallest absolute Gasteiger partial charge is 0.251 e. The maximum atomic E-state index is 12.1. The molecule has 0 aliphatic rings. The largest absolute Gasteiger partial charge is 0.348 e. The molecule has 2 N–H and O–H groups in total. The summed E-state index contributed by atoms with van der Waals surface area (Å²) in [6, 6.07) is 14.5. The van der Waals surface area contributed by atoms with E-state index < -0.39 is 0 Å². The van der Waals surface area contributed by atoms with E-state index in [-0.39, 0.29) is 5.91 Å². The van der Waals surface area contributed by atoms with Crippen LogP contribution in [0.25, 0.3) is 11.0 Å². The second-order valence-electron chi connectivity index (χ2n) is 5.05. The number of imidazole rings is 1. The number of benzene rings is 2. The number of aryl methyl sites for hydroxylation is 1. The van der Waals surface area contributed by atoms with Gasteiger partial charge in [-0.15, -0.1) is 0 Å². The van der Waals surface area contributed by atoms with Crippen molar-refractivity contribution in [1.82, 2.24) is 15.3 Å². The van der Waals surface area contributed by atoms with Crippen LogP contribution >= 0.6 is 0 Å². The molecule has 1 heterocycles. The number of rotatable bonds is 3. The molecule has 0 radical (unpaired) electrons. The zero-order chi connectivity index (χ0) is 15.5. The van der Waals surface area contributed by atoms with Crippen LogP contribution < -0.4 is 5.32 Å². The minimum absolute atomic E-state index is 0.196. The molecule has 0 fully saturated rings. The Labute approximate surface area is 127 Å². The zero-order valence-electron chi connectivity index (χ0n) is 12.1. The number of nitrogens with zero attached hydrogens (tertiary/aromatic N) is 2. The lowest BCUT2D eigenvalue weighted by molar-refractivity contribution is 0.0951. The third-order valence-electron chi connectivity index (χ3n) is 3.37. The summed E-state index contributed by atoms with van der Waals surface area (Å²) in [7, 11) is 0. The fourth-order valence-corrected chi connectivity index (χ4v) is 2.31. The number of aromatic amines is 1. The number of hydrogen-bond donors (Lipinski definition) is 2. The lowest BCUT2D eigenvalue weighted by atomic mass is 10.1. The van der Waals surface area contributed by atoms with Crippen molar-refractivity contribution in [1.29, 1.82) is 5.26 Å². The minimum atomic E-state index is -0.196. The lowest BCUT2D eigenvalue weighted by Gasteiger charge is -2.06. The minimum Gasteiger partial charge on any atom is -0.348 e. The highest BCUT2D eigenvalue weighted by Crippen LogP contribution is 2.13. The first-order valence-corrected chi connectivity index (χ1v) is 6.89. The standard InChI is InChI=1S/C17H14N4O/c1-11-20-15-6-5-13(8-16(15)21-11)10-19-17(22)14-4-2-3-12(7-14)9-18/h2-8H,10H2,1H3,(H,19,22)(H,20,21). The van der Waals surface area contributed by atoms with Gasteiger partial charge in [-0.3, -0.25) is 4.79 Å². The maximum Gasteiger partial charge on any atom is 0.251 e. The Balaban J connectivity index is 1.72. The predicted octanol–water partition coefficient (Wildman–Crippen LogP) is 2.67. The van der Waals surface area contributed by atoms with E-state index in [1.54, 1.807) is 24.3 Å². The van der Waals surface area contributed by atoms with E-state index in [9.17, 15) is 4.79 Å². The number of nitriles is 1. The van der Waals surface area contributed by atoms with Crippen molar-refractivity contribution in [3.05, 3.63) is 65.0 Å². The number of fused-ring (bicyclic) bond motifs is 1. The molecular weight excluding hydrogens is 276 g/mol. The molecule has 3 aromatic rings. The van der Waals surface area contributed by atoms with Crippen molar-refractivity contribution < 1.29 is 4.79 Å². The van der Waals surface area contributed by atoms with Crippen LogP contribution in [0.15, 0.2) is 42.5 Å². The Morgan fingerprint density at radius 3 is 3.00 bits per heavy atom. The molecule has 0 aliphatic carbocycles. The second kappa shape index (κ2) is 5.70. The van der Waals surface area contributed by atoms with Gasteiger partial charge in [0.2, 0.25) is 0 Å². The average molecular weight is 290 g/mol. The van der Waals surface area contributed by atoms with E-state index in [2.05, 4.69) is 15.3 Å². The summed E-state index contributed by atoms with van der Waals surface area (Å²) in [5.41, 5.74) is 3.81.